The molecule has 166 valence electrons. The maximum Gasteiger partial charge on any atom is 0.434 e. The number of pyridine rings is 2. The minimum absolute atomic E-state index is 0.0678. The highest BCUT2D eigenvalue weighted by molar-refractivity contribution is 6.31. The molecule has 0 bridgehead atoms. The Morgan fingerprint density at radius 3 is 2.35 bits per heavy atom. The molecule has 0 amide bonds. The van der Waals surface area contributed by atoms with E-state index in [9.17, 15) is 36.2 Å². The molecule has 0 spiro atoms. The van der Waals surface area contributed by atoms with Gasteiger partial charge in [0.15, 0.2) is 11.2 Å². The number of alkyl halides is 6. The molecule has 0 unspecified atom stereocenters. The largest absolute Gasteiger partial charge is 0.434 e. The van der Waals surface area contributed by atoms with E-state index in [1.54, 1.807) is 0 Å². The van der Waals surface area contributed by atoms with Gasteiger partial charge in [-0.3, -0.25) is 9.48 Å². The van der Waals surface area contributed by atoms with Crippen LogP contribution in [-0.4, -0.2) is 30.6 Å². The summed E-state index contributed by atoms with van der Waals surface area (Å²) in [5.41, 5.74) is -8.25. The molecule has 0 aliphatic heterocycles. The third kappa shape index (κ3) is 3.28. The quantitative estimate of drug-likeness (QED) is 0.594. The van der Waals surface area contributed by atoms with Gasteiger partial charge in [-0.05, 0) is 25.0 Å². The Morgan fingerprint density at radius 2 is 1.84 bits per heavy atom. The summed E-state index contributed by atoms with van der Waals surface area (Å²) in [5, 5.41) is 13.3. The normalized spacial score (nSPS) is 17.2. The molecule has 0 aromatic carbocycles. The first-order valence-electron chi connectivity index (χ1n) is 8.87. The van der Waals surface area contributed by atoms with Crippen molar-refractivity contribution >= 4 is 22.5 Å². The molecule has 1 N–H and O–H groups in total. The minimum Gasteiger partial charge on any atom is -0.371 e. The number of rotatable bonds is 3. The van der Waals surface area contributed by atoms with Crippen molar-refractivity contribution in [3.05, 3.63) is 56.9 Å². The first-order valence-corrected chi connectivity index (χ1v) is 9.25. The second-order valence-electron chi connectivity index (χ2n) is 7.25. The Labute approximate surface area is 174 Å². The predicted molar refractivity (Wildman–Crippen MR) is 96.5 cm³/mol. The summed E-state index contributed by atoms with van der Waals surface area (Å²) in [6, 6.07) is 1.50. The molecule has 1 fully saturated rings. The summed E-state index contributed by atoms with van der Waals surface area (Å²) >= 11 is 5.54. The highest BCUT2D eigenvalue weighted by Crippen LogP contribution is 2.47. The SMILES string of the molecule is Cn1nc2c(=O)n(C3CC3)ccc2c1[C@@](O)(c1cnc(C(F)(F)F)c(Cl)c1)C(F)(F)F. The van der Waals surface area contributed by atoms with Gasteiger partial charge in [0.1, 0.15) is 0 Å². The van der Waals surface area contributed by atoms with E-state index < -0.39 is 45.5 Å². The molecule has 1 aliphatic carbocycles. The molecule has 1 atom stereocenters. The van der Waals surface area contributed by atoms with Crippen molar-refractivity contribution in [2.45, 2.75) is 36.8 Å². The number of aryl methyl sites for hydroxylation is 1. The van der Waals surface area contributed by atoms with E-state index in [1.165, 1.54) is 16.8 Å². The second kappa shape index (κ2) is 6.70. The van der Waals surface area contributed by atoms with Crippen molar-refractivity contribution in [2.24, 2.45) is 7.05 Å². The first kappa shape index (κ1) is 21.6. The van der Waals surface area contributed by atoms with Gasteiger partial charge in [-0.25, -0.2) is 4.98 Å². The zero-order valence-electron chi connectivity index (χ0n) is 15.6. The van der Waals surface area contributed by atoms with Crippen LogP contribution < -0.4 is 5.56 Å². The van der Waals surface area contributed by atoms with Crippen molar-refractivity contribution in [2.75, 3.05) is 0 Å². The maximum absolute atomic E-state index is 14.2. The van der Waals surface area contributed by atoms with Crippen LogP contribution in [0.25, 0.3) is 10.9 Å². The molecule has 0 saturated heterocycles. The van der Waals surface area contributed by atoms with E-state index in [2.05, 4.69) is 10.1 Å². The topological polar surface area (TPSA) is 72.9 Å². The van der Waals surface area contributed by atoms with Crippen LogP contribution in [0, 0.1) is 0 Å². The van der Waals surface area contributed by atoms with Crippen molar-refractivity contribution in [3.8, 4) is 0 Å². The number of aromatic nitrogens is 4. The van der Waals surface area contributed by atoms with Gasteiger partial charge < -0.3 is 9.67 Å². The number of halogens is 7. The molecular weight excluding hydrogens is 454 g/mol. The summed E-state index contributed by atoms with van der Waals surface area (Å²) in [6.07, 6.45) is -7.36. The van der Waals surface area contributed by atoms with Crippen LogP contribution in [0.3, 0.4) is 0 Å². The zero-order chi connectivity index (χ0) is 22.9. The number of nitrogens with zero attached hydrogens (tertiary/aromatic N) is 4. The van der Waals surface area contributed by atoms with E-state index in [4.69, 9.17) is 11.6 Å². The fourth-order valence-corrected chi connectivity index (χ4v) is 3.82. The van der Waals surface area contributed by atoms with E-state index >= 15 is 0 Å². The monoisotopic (exact) mass is 466 g/mol. The average molecular weight is 467 g/mol. The third-order valence-corrected chi connectivity index (χ3v) is 5.43. The zero-order valence-corrected chi connectivity index (χ0v) is 16.3. The van der Waals surface area contributed by atoms with Crippen molar-refractivity contribution < 1.29 is 31.4 Å². The molecule has 3 aromatic heterocycles. The van der Waals surface area contributed by atoms with E-state index in [1.807, 2.05) is 0 Å². The van der Waals surface area contributed by atoms with Crippen LogP contribution >= 0.6 is 11.6 Å². The lowest BCUT2D eigenvalue weighted by Crippen LogP contribution is -2.45. The number of aliphatic hydroxyl groups is 1. The Morgan fingerprint density at radius 1 is 1.19 bits per heavy atom. The lowest BCUT2D eigenvalue weighted by Gasteiger charge is -2.31. The lowest BCUT2D eigenvalue weighted by atomic mass is 9.88. The van der Waals surface area contributed by atoms with Crippen molar-refractivity contribution in [1.82, 2.24) is 19.3 Å². The van der Waals surface area contributed by atoms with E-state index in [-0.39, 0.29) is 23.1 Å². The lowest BCUT2D eigenvalue weighted by molar-refractivity contribution is -0.250. The van der Waals surface area contributed by atoms with Gasteiger partial charge in [0.2, 0.25) is 5.60 Å². The van der Waals surface area contributed by atoms with E-state index in [0.717, 1.165) is 19.9 Å². The van der Waals surface area contributed by atoms with Crippen molar-refractivity contribution in [1.29, 1.82) is 0 Å². The molecule has 6 nitrogen and oxygen atoms in total. The summed E-state index contributed by atoms with van der Waals surface area (Å²) < 4.78 is 83.3. The van der Waals surface area contributed by atoms with Crippen LogP contribution in [0.1, 0.15) is 35.8 Å². The molecular formula is C18H13ClF6N4O2. The fraction of sp³-hybridized carbons (Fsp3) is 0.389. The molecule has 3 aromatic rings. The Kier molecular flexibility index (Phi) is 4.67. The van der Waals surface area contributed by atoms with Crippen LogP contribution in [0.4, 0.5) is 26.3 Å². The maximum atomic E-state index is 14.2. The van der Waals surface area contributed by atoms with Crippen LogP contribution in [0.5, 0.6) is 0 Å². The Balaban J connectivity index is 1.99. The van der Waals surface area contributed by atoms with Gasteiger partial charge in [0.25, 0.3) is 5.56 Å². The fourth-order valence-electron chi connectivity index (χ4n) is 3.55. The second-order valence-corrected chi connectivity index (χ2v) is 7.66. The molecule has 1 aliphatic rings. The highest BCUT2D eigenvalue weighted by atomic mass is 35.5. The predicted octanol–water partition coefficient (Wildman–Crippen LogP) is 3.94. The summed E-state index contributed by atoms with van der Waals surface area (Å²) in [4.78, 5) is 15.7. The van der Waals surface area contributed by atoms with Gasteiger partial charge in [-0.15, -0.1) is 0 Å². The van der Waals surface area contributed by atoms with Crippen molar-refractivity contribution in [3.63, 3.8) is 0 Å². The average Bonchev–Trinajstić information content (AvgIpc) is 3.41. The van der Waals surface area contributed by atoms with Gasteiger partial charge in [0, 0.05) is 36.4 Å². The smallest absolute Gasteiger partial charge is 0.371 e. The van der Waals surface area contributed by atoms with Gasteiger partial charge in [-0.2, -0.15) is 31.4 Å². The summed E-state index contributed by atoms with van der Waals surface area (Å²) in [7, 11) is 1.09. The van der Waals surface area contributed by atoms with Gasteiger partial charge >= 0.3 is 12.4 Å². The summed E-state index contributed by atoms with van der Waals surface area (Å²) in [6.45, 7) is 0. The molecule has 0 radical (unpaired) electrons. The highest BCUT2D eigenvalue weighted by Gasteiger charge is 2.59. The minimum atomic E-state index is -5.41. The van der Waals surface area contributed by atoms with Crippen LogP contribution in [-0.2, 0) is 18.8 Å². The van der Waals surface area contributed by atoms with E-state index in [0.29, 0.717) is 10.7 Å². The first-order chi connectivity index (χ1) is 14.3. The molecule has 31 heavy (non-hydrogen) atoms. The number of fused-ring (bicyclic) bond motifs is 1. The van der Waals surface area contributed by atoms with Crippen LogP contribution in [0.15, 0.2) is 29.3 Å². The van der Waals surface area contributed by atoms with Gasteiger partial charge in [0.05, 0.1) is 10.7 Å². The molecule has 4 rings (SSSR count). The standard InChI is InChI=1S/C18H13ClF6N4O2/c1-28-14(10-4-5-29(9-2-3-9)15(30)12(10)27-28)16(31,18(23,24)25)8-6-11(19)13(26-7-8)17(20,21)22/h4-7,9,31H,2-3H2,1H3/t16-/m0/s1. The Bertz CT molecular complexity index is 1240. The molecule has 1 saturated carbocycles. The molecule has 13 heteroatoms. The van der Waals surface area contributed by atoms with Crippen LogP contribution in [0.2, 0.25) is 5.02 Å². The number of hydrogen-bond acceptors (Lipinski definition) is 4. The number of hydrogen-bond donors (Lipinski definition) is 1. The van der Waals surface area contributed by atoms with Gasteiger partial charge in [-0.1, -0.05) is 11.6 Å². The third-order valence-electron chi connectivity index (χ3n) is 5.14. The Hall–Kier alpha value is -2.60. The summed E-state index contributed by atoms with van der Waals surface area (Å²) in [5.74, 6) is 0. The molecule has 3 heterocycles.